The number of imide groups is 2. The number of pyridine rings is 1. The summed E-state index contributed by atoms with van der Waals surface area (Å²) in [4.78, 5) is 78.1. The number of hydrogen-bond acceptors (Lipinski definition) is 13. The zero-order valence-corrected chi connectivity index (χ0v) is 37.5. The van der Waals surface area contributed by atoms with Gasteiger partial charge in [-0.15, -0.1) is 0 Å². The molecule has 6 fully saturated rings. The first kappa shape index (κ1) is 44.8. The minimum absolute atomic E-state index is 0.00571. The molecule has 7 heterocycles. The number of sulfonamides is 1. The van der Waals surface area contributed by atoms with Crippen molar-refractivity contribution in [3.63, 3.8) is 0 Å². The average molecular weight is 938 g/mol. The summed E-state index contributed by atoms with van der Waals surface area (Å²) in [6.07, 6.45) is 5.53. The van der Waals surface area contributed by atoms with Crippen LogP contribution in [0.1, 0.15) is 129 Å². The van der Waals surface area contributed by atoms with Gasteiger partial charge in [-0.1, -0.05) is 0 Å². The molecule has 1 unspecified atom stereocenters. The van der Waals surface area contributed by atoms with E-state index >= 15 is 4.39 Å². The van der Waals surface area contributed by atoms with Crippen molar-refractivity contribution in [2.75, 3.05) is 49.5 Å². The second-order valence-electron chi connectivity index (χ2n) is 19.8. The van der Waals surface area contributed by atoms with Gasteiger partial charge in [0.2, 0.25) is 27.8 Å². The normalized spacial score (nSPS) is 27.3. The van der Waals surface area contributed by atoms with Gasteiger partial charge in [0.15, 0.2) is 0 Å². The maximum Gasteiger partial charge on any atom is 0.269 e. The second-order valence-corrected chi connectivity index (χ2v) is 22.0. The van der Waals surface area contributed by atoms with Crippen molar-refractivity contribution in [3.8, 4) is 0 Å². The summed E-state index contributed by atoms with van der Waals surface area (Å²) in [5.74, 6) is -3.03. The van der Waals surface area contributed by atoms with Gasteiger partial charge in [-0.25, -0.2) is 30.9 Å². The molecule has 0 radical (unpaired) electrons. The molecule has 0 bridgehead atoms. The Morgan fingerprint density at radius 2 is 1.56 bits per heavy atom. The molecule has 1 spiro atoms. The first-order chi connectivity index (χ1) is 31.4. The molecule has 4 saturated heterocycles. The van der Waals surface area contributed by atoms with E-state index in [4.69, 9.17) is 0 Å². The number of carbonyl (C=O) groups is 4. The number of anilines is 2. The van der Waals surface area contributed by atoms with Gasteiger partial charge in [0.05, 0.1) is 39.3 Å². The van der Waals surface area contributed by atoms with E-state index in [1.807, 2.05) is 4.90 Å². The molecule has 2 aromatic heterocycles. The molecule has 354 valence electrons. The average Bonchev–Trinajstić information content (AvgIpc) is 3.74. The highest BCUT2D eigenvalue weighted by molar-refractivity contribution is 7.89. The molecule has 2 saturated carbocycles. The van der Waals surface area contributed by atoms with Gasteiger partial charge in [0, 0.05) is 56.3 Å². The summed E-state index contributed by atoms with van der Waals surface area (Å²) in [7, 11) is -3.56. The number of aliphatic hydroxyl groups is 1. The van der Waals surface area contributed by atoms with Crippen molar-refractivity contribution >= 4 is 56.3 Å². The van der Waals surface area contributed by atoms with Gasteiger partial charge in [-0.2, -0.15) is 4.98 Å². The lowest BCUT2D eigenvalue weighted by molar-refractivity contribution is -0.136. The monoisotopic (exact) mass is 937 g/mol. The van der Waals surface area contributed by atoms with Crippen LogP contribution in [0, 0.1) is 11.2 Å². The van der Waals surface area contributed by atoms with Gasteiger partial charge in [0.25, 0.3) is 23.8 Å². The third-order valence-electron chi connectivity index (χ3n) is 15.8. The van der Waals surface area contributed by atoms with Gasteiger partial charge in [-0.3, -0.25) is 38.8 Å². The quantitative estimate of drug-likeness (QED) is 0.261. The van der Waals surface area contributed by atoms with Gasteiger partial charge < -0.3 is 20.2 Å². The molecule has 66 heavy (non-hydrogen) atoms. The van der Waals surface area contributed by atoms with E-state index in [1.54, 1.807) is 11.2 Å². The number of aromatic nitrogens is 3. The summed E-state index contributed by atoms with van der Waals surface area (Å²) < 4.78 is 74.0. The minimum atomic E-state index is -3.56. The van der Waals surface area contributed by atoms with Crippen LogP contribution >= 0.6 is 0 Å². The minimum Gasteiger partial charge on any atom is -0.388 e. The smallest absolute Gasteiger partial charge is 0.269 e. The van der Waals surface area contributed by atoms with Crippen molar-refractivity contribution in [3.05, 3.63) is 57.3 Å². The molecule has 17 nitrogen and oxygen atoms in total. The highest BCUT2D eigenvalue weighted by Gasteiger charge is 2.50. The van der Waals surface area contributed by atoms with E-state index in [9.17, 15) is 46.3 Å². The first-order valence-corrected chi connectivity index (χ1v) is 24.7. The van der Waals surface area contributed by atoms with Gasteiger partial charge in [0.1, 0.15) is 17.5 Å². The Labute approximate surface area is 379 Å². The van der Waals surface area contributed by atoms with E-state index < -0.39 is 80.0 Å². The van der Waals surface area contributed by atoms with Crippen LogP contribution in [0.4, 0.5) is 24.8 Å². The number of rotatable bonds is 9. The number of hydrogen-bond donors (Lipinski definition) is 3. The van der Waals surface area contributed by atoms with E-state index in [-0.39, 0.29) is 58.1 Å². The molecular weight excluding hydrogens is 884 g/mol. The zero-order valence-electron chi connectivity index (χ0n) is 36.7. The fourth-order valence-corrected chi connectivity index (χ4v) is 13.9. The van der Waals surface area contributed by atoms with E-state index in [0.29, 0.717) is 90.3 Å². The number of alkyl halides is 2. The number of benzene rings is 1. The molecule has 7 aliphatic rings. The van der Waals surface area contributed by atoms with Crippen molar-refractivity contribution in [2.45, 2.75) is 132 Å². The van der Waals surface area contributed by atoms with Crippen LogP contribution in [-0.2, 0) is 19.6 Å². The maximum absolute atomic E-state index is 15.6. The molecule has 3 atom stereocenters. The molecule has 10 rings (SSSR count). The van der Waals surface area contributed by atoms with Crippen molar-refractivity contribution in [1.29, 1.82) is 0 Å². The third kappa shape index (κ3) is 7.76. The number of piperidine rings is 4. The van der Waals surface area contributed by atoms with Gasteiger partial charge >= 0.3 is 0 Å². The third-order valence-corrected chi connectivity index (χ3v) is 18.2. The van der Waals surface area contributed by atoms with E-state index in [0.717, 1.165) is 42.7 Å². The maximum atomic E-state index is 15.6. The predicted molar refractivity (Wildman–Crippen MR) is 234 cm³/mol. The summed E-state index contributed by atoms with van der Waals surface area (Å²) in [6, 6.07) is 1.93. The highest BCUT2D eigenvalue weighted by Crippen LogP contribution is 2.52. The van der Waals surface area contributed by atoms with Gasteiger partial charge in [-0.05, 0) is 121 Å². The van der Waals surface area contributed by atoms with E-state index in [1.165, 1.54) is 16.8 Å². The summed E-state index contributed by atoms with van der Waals surface area (Å²) in [6.45, 7) is 4.72. The molecule has 4 amide bonds. The number of halogens is 3. The Kier molecular flexibility index (Phi) is 11.3. The lowest BCUT2D eigenvalue weighted by Gasteiger charge is -2.56. The van der Waals surface area contributed by atoms with Crippen LogP contribution in [0.25, 0.3) is 11.0 Å². The molecule has 3 aromatic rings. The summed E-state index contributed by atoms with van der Waals surface area (Å²) in [5.41, 5.74) is -2.37. The van der Waals surface area contributed by atoms with Crippen LogP contribution in [0.15, 0.2) is 29.2 Å². The van der Waals surface area contributed by atoms with Crippen molar-refractivity contribution in [2.24, 2.45) is 5.41 Å². The van der Waals surface area contributed by atoms with Crippen LogP contribution in [0.3, 0.4) is 0 Å². The largest absolute Gasteiger partial charge is 0.388 e. The predicted octanol–water partition coefficient (Wildman–Crippen LogP) is 3.87. The van der Waals surface area contributed by atoms with Crippen molar-refractivity contribution in [1.82, 2.24) is 34.0 Å². The summed E-state index contributed by atoms with van der Waals surface area (Å²) >= 11 is 0. The van der Waals surface area contributed by atoms with Crippen LogP contribution < -0.4 is 21.1 Å². The Morgan fingerprint density at radius 1 is 0.879 bits per heavy atom. The number of nitrogens with one attached hydrogen (secondary N) is 2. The van der Waals surface area contributed by atoms with E-state index in [2.05, 4.69) is 25.5 Å². The molecular formula is C45H54F3N9O8S. The number of amides is 4. The van der Waals surface area contributed by atoms with Crippen molar-refractivity contribution < 1.29 is 45.9 Å². The molecule has 21 heteroatoms. The Morgan fingerprint density at radius 3 is 2.20 bits per heavy atom. The number of fused-ring (bicyclic) bond motifs is 2. The van der Waals surface area contributed by atoms with Crippen LogP contribution in [-0.4, -0.2) is 134 Å². The molecule has 5 aliphatic heterocycles. The molecule has 1 aromatic carbocycles. The fourth-order valence-electron chi connectivity index (χ4n) is 11.9. The Bertz CT molecular complexity index is 2670. The SMILES string of the molecule is C[C@@]1(O)CCC[C@H]1n1c(=O)c(C(F)F)cc2cnc(NC3CCN(S(=O)(=O)C4CCN(C5CC6(CCN(c7cc8c(cc7F)C(=O)N(C7CCC(=O)NC7=O)C8=O)CC6)C5)CC4)CC3)nc21. The number of carbonyl (C=O) groups excluding carboxylic acids is 4. The standard InChI is InChI=1S/C45H54F3N9O8S/c1-44(63)10-2-3-35(44)57-38-25(19-31(37(47)48)42(57)62)24-49-43(52-38)50-26-6-15-55(16-7-26)66(64,65)28-8-13-53(14-9-28)27-22-45(23-27)11-17-54(18-12-45)34-21-30-29(20-32(34)46)40(60)56(41(30)61)33-4-5-36(58)51-39(33)59/h19-21,24,26-28,33,35,37,63H,2-18,22-23H2,1H3,(H,49,50,52)(H,51,58,59)/t33?,35-,44-/m1/s1. The topological polar surface area (TPSA) is 207 Å². The lowest BCUT2D eigenvalue weighted by Crippen LogP contribution is -2.57. The zero-order chi connectivity index (χ0) is 46.4. The number of nitrogens with zero attached hydrogens (tertiary/aromatic N) is 7. The van der Waals surface area contributed by atoms with Crippen LogP contribution in [0.2, 0.25) is 0 Å². The first-order valence-electron chi connectivity index (χ1n) is 23.2. The van der Waals surface area contributed by atoms with Crippen LogP contribution in [0.5, 0.6) is 0 Å². The highest BCUT2D eigenvalue weighted by atomic mass is 32.2. The number of likely N-dealkylation sites (tertiary alicyclic amines) is 1. The Balaban J connectivity index is 0.703. The summed E-state index contributed by atoms with van der Waals surface area (Å²) in [5, 5.41) is 16.3. The fraction of sp³-hybridized carbons (Fsp3) is 0.622. The Hall–Kier alpha value is -4.99. The second kappa shape index (κ2) is 16.7. The molecule has 2 aliphatic carbocycles. The lowest BCUT2D eigenvalue weighted by atomic mass is 9.59. The molecule has 3 N–H and O–H groups in total.